The Morgan fingerprint density at radius 1 is 1.22 bits per heavy atom. The van der Waals surface area contributed by atoms with Crippen LogP contribution in [0, 0.1) is 34.5 Å². The molecule has 0 spiro atoms. The number of aliphatic hydroxyl groups excluding tert-OH is 2. The summed E-state index contributed by atoms with van der Waals surface area (Å²) in [6.45, 7) is 3.36. The van der Waals surface area contributed by atoms with E-state index in [1.54, 1.807) is 12.2 Å². The number of ketones is 2. The number of hydrogen-bond donors (Lipinski definition) is 2. The molecule has 0 unspecified atom stereocenters. The number of rotatable bonds is 3. The average Bonchev–Trinajstić information content (AvgIpc) is 3.00. The van der Waals surface area contributed by atoms with Gasteiger partial charge < -0.3 is 10.2 Å². The van der Waals surface area contributed by atoms with Crippen molar-refractivity contribution in [3.05, 3.63) is 23.8 Å². The molecular formula is C22H29FO4. The quantitative estimate of drug-likeness (QED) is 0.743. The van der Waals surface area contributed by atoms with Crippen LogP contribution in [-0.4, -0.2) is 40.7 Å². The fourth-order valence-electron chi connectivity index (χ4n) is 6.88. The van der Waals surface area contributed by atoms with Crippen LogP contribution in [0.4, 0.5) is 4.39 Å². The van der Waals surface area contributed by atoms with Gasteiger partial charge in [0.15, 0.2) is 11.6 Å². The van der Waals surface area contributed by atoms with Crippen LogP contribution >= 0.6 is 0 Å². The fourth-order valence-corrected chi connectivity index (χ4v) is 6.88. The van der Waals surface area contributed by atoms with Crippen molar-refractivity contribution in [2.75, 3.05) is 13.2 Å². The molecule has 0 heterocycles. The zero-order valence-corrected chi connectivity index (χ0v) is 16.1. The highest BCUT2D eigenvalue weighted by atomic mass is 19.1. The van der Waals surface area contributed by atoms with Crippen molar-refractivity contribution in [2.24, 2.45) is 34.5 Å². The summed E-state index contributed by atoms with van der Waals surface area (Å²) in [4.78, 5) is 24.3. The third kappa shape index (κ3) is 2.34. The highest BCUT2D eigenvalue weighted by Gasteiger charge is 2.67. The molecule has 2 N–H and O–H groups in total. The number of Topliss-reactive ketones (excluding diaryl/α,β-unsaturated/α-hetero) is 1. The normalized spacial score (nSPS) is 48.5. The molecular weight excluding hydrogens is 347 g/mol. The monoisotopic (exact) mass is 376 g/mol. The maximum absolute atomic E-state index is 16.7. The molecule has 0 aromatic heterocycles. The first-order valence-corrected chi connectivity index (χ1v) is 10.1. The Bertz CT molecular complexity index is 743. The molecule has 0 radical (unpaired) electrons. The molecule has 0 bridgehead atoms. The Morgan fingerprint density at radius 3 is 2.63 bits per heavy atom. The van der Waals surface area contributed by atoms with Gasteiger partial charge in [-0.25, -0.2) is 4.39 Å². The predicted molar refractivity (Wildman–Crippen MR) is 98.5 cm³/mol. The summed E-state index contributed by atoms with van der Waals surface area (Å²) in [7, 11) is 0. The summed E-state index contributed by atoms with van der Waals surface area (Å²) < 4.78 is 16.7. The van der Waals surface area contributed by atoms with E-state index in [-0.39, 0.29) is 41.8 Å². The van der Waals surface area contributed by atoms with E-state index < -0.39 is 23.1 Å². The highest BCUT2D eigenvalue weighted by molar-refractivity contribution is 5.92. The van der Waals surface area contributed by atoms with Crippen molar-refractivity contribution in [1.82, 2.24) is 0 Å². The number of carbonyl (C=O) groups is 2. The summed E-state index contributed by atoms with van der Waals surface area (Å²) >= 11 is 0. The van der Waals surface area contributed by atoms with Crippen molar-refractivity contribution >= 4 is 11.6 Å². The summed E-state index contributed by atoms with van der Waals surface area (Å²) in [6, 6.07) is 0. The summed E-state index contributed by atoms with van der Waals surface area (Å²) in [5, 5.41) is 19.4. The first-order valence-electron chi connectivity index (χ1n) is 10.1. The molecule has 2 fully saturated rings. The van der Waals surface area contributed by atoms with Crippen LogP contribution in [0.1, 0.15) is 46.0 Å². The van der Waals surface area contributed by atoms with Gasteiger partial charge in [0, 0.05) is 36.2 Å². The molecule has 27 heavy (non-hydrogen) atoms. The van der Waals surface area contributed by atoms with E-state index in [1.165, 1.54) is 0 Å². The van der Waals surface area contributed by atoms with E-state index in [0.29, 0.717) is 25.7 Å². The molecule has 4 rings (SSSR count). The molecule has 4 nitrogen and oxygen atoms in total. The fraction of sp³-hybridized carbons (Fsp3) is 0.727. The zero-order valence-electron chi connectivity index (χ0n) is 16.1. The lowest BCUT2D eigenvalue weighted by molar-refractivity contribution is -0.132. The molecule has 0 aromatic carbocycles. The molecule has 0 aliphatic heterocycles. The van der Waals surface area contributed by atoms with Crippen molar-refractivity contribution in [1.29, 1.82) is 0 Å². The van der Waals surface area contributed by atoms with Crippen LogP contribution in [0.15, 0.2) is 23.8 Å². The van der Waals surface area contributed by atoms with Gasteiger partial charge in [0.1, 0.15) is 12.3 Å². The van der Waals surface area contributed by atoms with Gasteiger partial charge in [-0.2, -0.15) is 0 Å². The van der Waals surface area contributed by atoms with Crippen molar-refractivity contribution in [3.8, 4) is 0 Å². The Kier molecular flexibility index (Phi) is 4.28. The first kappa shape index (κ1) is 19.0. The topological polar surface area (TPSA) is 74.6 Å². The molecule has 4 aliphatic rings. The second kappa shape index (κ2) is 6.08. The van der Waals surface area contributed by atoms with Crippen LogP contribution in [-0.2, 0) is 9.59 Å². The maximum atomic E-state index is 16.7. The molecule has 148 valence electrons. The predicted octanol–water partition coefficient (Wildman–Crippen LogP) is 2.78. The molecule has 0 aromatic rings. The molecule has 2 saturated carbocycles. The van der Waals surface area contributed by atoms with E-state index in [2.05, 4.69) is 0 Å². The van der Waals surface area contributed by atoms with Gasteiger partial charge >= 0.3 is 0 Å². The Labute approximate surface area is 159 Å². The Balaban J connectivity index is 1.82. The van der Waals surface area contributed by atoms with Gasteiger partial charge in [-0.1, -0.05) is 25.5 Å². The van der Waals surface area contributed by atoms with E-state index in [9.17, 15) is 19.8 Å². The summed E-state index contributed by atoms with van der Waals surface area (Å²) in [6.07, 6.45) is 7.82. The van der Waals surface area contributed by atoms with Gasteiger partial charge in [0.25, 0.3) is 0 Å². The summed E-state index contributed by atoms with van der Waals surface area (Å²) in [5.74, 6) is -0.938. The number of aliphatic hydroxyl groups is 2. The van der Waals surface area contributed by atoms with E-state index in [1.807, 2.05) is 19.9 Å². The smallest absolute Gasteiger partial charge is 0.162 e. The average molecular weight is 376 g/mol. The number of alkyl halides is 1. The number of fused-ring (bicyclic) bond motifs is 5. The highest BCUT2D eigenvalue weighted by Crippen LogP contribution is 2.68. The van der Waals surface area contributed by atoms with Gasteiger partial charge in [0.2, 0.25) is 0 Å². The lowest BCUT2D eigenvalue weighted by Crippen LogP contribution is -2.60. The van der Waals surface area contributed by atoms with Gasteiger partial charge in [-0.3, -0.25) is 9.59 Å². The minimum atomic E-state index is -1.58. The lowest BCUT2D eigenvalue weighted by atomic mass is 9.45. The second-order valence-corrected chi connectivity index (χ2v) is 9.45. The number of hydrogen-bond acceptors (Lipinski definition) is 4. The van der Waals surface area contributed by atoms with Crippen LogP contribution < -0.4 is 0 Å². The largest absolute Gasteiger partial charge is 0.396 e. The number of halogens is 1. The minimum Gasteiger partial charge on any atom is -0.396 e. The Morgan fingerprint density at radius 2 is 1.96 bits per heavy atom. The third-order valence-corrected chi connectivity index (χ3v) is 8.44. The van der Waals surface area contributed by atoms with E-state index >= 15 is 4.39 Å². The molecule has 4 aliphatic carbocycles. The van der Waals surface area contributed by atoms with Gasteiger partial charge in [-0.05, 0) is 49.2 Å². The summed E-state index contributed by atoms with van der Waals surface area (Å²) in [5.41, 5.74) is -2.07. The molecule has 0 amide bonds. The number of carbonyl (C=O) groups excluding carboxylic acids is 2. The molecule has 0 saturated heterocycles. The maximum Gasteiger partial charge on any atom is 0.162 e. The van der Waals surface area contributed by atoms with Gasteiger partial charge in [-0.15, -0.1) is 0 Å². The standard InChI is InChI=1S/C22H29FO4/c1-20-7-8-22(23)18(15(20)3-4-16(20)19(27)12-25)9-13(11-24)17-10-14(26)5-6-21(17,22)2/h7-8,10,13,15-16,18,24-25H,3-6,9,11-12H2,1-2H3/t13-,15+,16-,18+,20+,21+,22-/m1/s1. The molecule has 5 heteroatoms. The SMILES string of the molecule is C[C@]12C=C[C@@]3(F)[C@@H](C[C@H](CO)C4=CC(=O)CC[C@@]43C)[C@@H]1CC[C@@H]2C(=O)CO. The number of allylic oxidation sites excluding steroid dienone is 3. The van der Waals surface area contributed by atoms with Crippen molar-refractivity contribution in [3.63, 3.8) is 0 Å². The van der Waals surface area contributed by atoms with Crippen LogP contribution in [0.2, 0.25) is 0 Å². The van der Waals surface area contributed by atoms with Crippen LogP contribution in [0.25, 0.3) is 0 Å². The van der Waals surface area contributed by atoms with E-state index in [0.717, 1.165) is 12.0 Å². The first-order chi connectivity index (χ1) is 12.7. The lowest BCUT2D eigenvalue weighted by Gasteiger charge is -2.60. The zero-order chi connectivity index (χ0) is 19.6. The van der Waals surface area contributed by atoms with Gasteiger partial charge in [0.05, 0.1) is 0 Å². The third-order valence-electron chi connectivity index (χ3n) is 8.44. The minimum absolute atomic E-state index is 0.00180. The van der Waals surface area contributed by atoms with Crippen LogP contribution in [0.3, 0.4) is 0 Å². The second-order valence-electron chi connectivity index (χ2n) is 9.45. The van der Waals surface area contributed by atoms with Crippen molar-refractivity contribution in [2.45, 2.75) is 51.6 Å². The van der Waals surface area contributed by atoms with Crippen molar-refractivity contribution < 1.29 is 24.2 Å². The van der Waals surface area contributed by atoms with Crippen LogP contribution in [0.5, 0.6) is 0 Å². The van der Waals surface area contributed by atoms with E-state index in [4.69, 9.17) is 0 Å². The Hall–Kier alpha value is -1.33. The molecule has 7 atom stereocenters.